The molecule has 0 atom stereocenters. The van der Waals surface area contributed by atoms with Crippen LogP contribution in [0.5, 0.6) is 0 Å². The average molecular weight is 733 g/mol. The summed E-state index contributed by atoms with van der Waals surface area (Å²) in [6.45, 7) is 11.3. The Morgan fingerprint density at radius 3 is 1.82 bits per heavy atom. The quantitative estimate of drug-likeness (QED) is 0.134. The smallest absolute Gasteiger partial charge is 0.344 e. The first-order valence-electron chi connectivity index (χ1n) is 19.6. The lowest BCUT2D eigenvalue weighted by atomic mass is 9.69. The summed E-state index contributed by atoms with van der Waals surface area (Å²) in [6.07, 6.45) is 2.09. The van der Waals surface area contributed by atoms with Crippen LogP contribution in [-0.2, 0) is 10.8 Å². The minimum atomic E-state index is -0.380. The summed E-state index contributed by atoms with van der Waals surface area (Å²) in [7, 11) is 0. The van der Waals surface area contributed by atoms with Gasteiger partial charge in [-0.15, -0.1) is 0 Å². The molecule has 0 saturated heterocycles. The molecule has 0 aliphatic carbocycles. The number of anilines is 1. The van der Waals surface area contributed by atoms with Crippen LogP contribution in [0, 0.1) is 0 Å². The Kier molecular flexibility index (Phi) is 6.81. The third kappa shape index (κ3) is 4.81. The fraction of sp³-hybridized carbons (Fsp3) is 0.200. The summed E-state index contributed by atoms with van der Waals surface area (Å²) in [6, 6.07) is 41.0. The molecule has 0 spiro atoms. The van der Waals surface area contributed by atoms with Gasteiger partial charge in [-0.2, -0.15) is 0 Å². The van der Waals surface area contributed by atoms with Gasteiger partial charge < -0.3 is 18.3 Å². The van der Waals surface area contributed by atoms with Crippen molar-refractivity contribution in [2.24, 2.45) is 0 Å². The number of benzene rings is 6. The van der Waals surface area contributed by atoms with Gasteiger partial charge in [0.25, 0.3) is 0 Å². The fourth-order valence-electron chi connectivity index (χ4n) is 9.57. The number of hydrogen-bond donors (Lipinski definition) is 0. The van der Waals surface area contributed by atoms with E-state index in [1.807, 2.05) is 60.7 Å². The van der Waals surface area contributed by atoms with Crippen molar-refractivity contribution in [1.82, 2.24) is 4.57 Å². The number of rotatable bonds is 3. The van der Waals surface area contributed by atoms with Gasteiger partial charge in [0.15, 0.2) is 0 Å². The van der Waals surface area contributed by atoms with Crippen LogP contribution < -0.4 is 16.2 Å². The van der Waals surface area contributed by atoms with Crippen LogP contribution in [0.25, 0.3) is 82.5 Å². The highest BCUT2D eigenvalue weighted by molar-refractivity contribution is 6.11. The Morgan fingerprint density at radius 2 is 1.14 bits per heavy atom. The van der Waals surface area contributed by atoms with E-state index in [2.05, 4.69) is 97.8 Å². The van der Waals surface area contributed by atoms with Crippen molar-refractivity contribution in [1.29, 1.82) is 0 Å². The van der Waals surface area contributed by atoms with Gasteiger partial charge in [0.1, 0.15) is 11.2 Å². The van der Waals surface area contributed by atoms with E-state index in [1.165, 1.54) is 11.3 Å². The van der Waals surface area contributed by atoms with Gasteiger partial charge >= 0.3 is 11.3 Å². The van der Waals surface area contributed by atoms with E-state index in [9.17, 15) is 9.59 Å². The second-order valence-corrected chi connectivity index (χ2v) is 17.1. The van der Waals surface area contributed by atoms with Crippen LogP contribution in [0.15, 0.2) is 140 Å². The van der Waals surface area contributed by atoms with Crippen molar-refractivity contribution < 1.29 is 8.83 Å². The Bertz CT molecular complexity index is 3250. The first kappa shape index (κ1) is 33.0. The molecular weight excluding hydrogens is 693 g/mol. The van der Waals surface area contributed by atoms with Crippen LogP contribution in [-0.4, -0.2) is 17.7 Å². The highest BCUT2D eigenvalue weighted by atomic mass is 16.4. The molecule has 0 bridgehead atoms. The predicted octanol–water partition coefficient (Wildman–Crippen LogP) is 11.7. The monoisotopic (exact) mass is 732 g/mol. The van der Waals surface area contributed by atoms with Crippen molar-refractivity contribution in [2.45, 2.75) is 51.4 Å². The lowest BCUT2D eigenvalue weighted by Crippen LogP contribution is -2.44. The molecule has 2 aliphatic rings. The largest absolute Gasteiger partial charge is 0.422 e. The summed E-state index contributed by atoms with van der Waals surface area (Å²) in [4.78, 5) is 30.2. The number of aromatic nitrogens is 1. The lowest BCUT2D eigenvalue weighted by molar-refractivity contribution is 0.398. The average Bonchev–Trinajstić information content (AvgIpc) is 3.51. The normalized spacial score (nSPS) is 16.0. The van der Waals surface area contributed by atoms with Gasteiger partial charge in [-0.05, 0) is 106 Å². The van der Waals surface area contributed by atoms with Gasteiger partial charge in [0.05, 0.1) is 22.2 Å². The molecule has 0 N–H and O–H groups in total. The van der Waals surface area contributed by atoms with Gasteiger partial charge in [-0.3, -0.25) is 0 Å². The molecule has 0 fully saturated rings. The van der Waals surface area contributed by atoms with E-state index in [4.69, 9.17) is 8.83 Å². The second kappa shape index (κ2) is 11.6. The van der Waals surface area contributed by atoms with Gasteiger partial charge in [-0.25, -0.2) is 9.59 Å². The van der Waals surface area contributed by atoms with E-state index in [0.717, 1.165) is 91.7 Å². The first-order chi connectivity index (χ1) is 27.0. The molecule has 0 radical (unpaired) electrons. The van der Waals surface area contributed by atoms with E-state index in [1.54, 1.807) is 0 Å². The molecule has 56 heavy (non-hydrogen) atoms. The Balaban J connectivity index is 1.12. The maximum absolute atomic E-state index is 14.1. The van der Waals surface area contributed by atoms with E-state index < -0.39 is 0 Å². The lowest BCUT2D eigenvalue weighted by Gasteiger charge is -2.48. The zero-order chi connectivity index (χ0) is 38.1. The molecule has 6 aromatic carbocycles. The fourth-order valence-corrected chi connectivity index (χ4v) is 9.57. The highest BCUT2D eigenvalue weighted by Gasteiger charge is 2.42. The molecule has 0 saturated carbocycles. The van der Waals surface area contributed by atoms with Crippen molar-refractivity contribution in [3.63, 3.8) is 0 Å². The topological polar surface area (TPSA) is 68.6 Å². The van der Waals surface area contributed by atoms with Crippen molar-refractivity contribution in [3.05, 3.63) is 153 Å². The molecule has 0 unspecified atom stereocenters. The van der Waals surface area contributed by atoms with Crippen LogP contribution in [0.3, 0.4) is 0 Å². The van der Waals surface area contributed by atoms with Crippen LogP contribution in [0.4, 0.5) is 5.69 Å². The third-order valence-electron chi connectivity index (χ3n) is 12.7. The standard InChI is InChI=1S/C50H40N2O4/c1-49(2)18-20-51-21-19-50(3,4)44-45(51)40(49)25-34-24-39(48(54)56-46(34)44)32-15-17-37-36-16-14-31(26-41(36)52(42(37)27-32)35-12-6-5-7-13-35)38-23-33-22-29-10-8-9-11-30(29)28-43(33)55-47(38)53/h5-17,22-28H,18-21H2,1-4H3. The zero-order valence-electron chi connectivity index (χ0n) is 31.9. The van der Waals surface area contributed by atoms with Crippen LogP contribution in [0.2, 0.25) is 0 Å². The zero-order valence-corrected chi connectivity index (χ0v) is 31.9. The molecule has 0 amide bonds. The van der Waals surface area contributed by atoms with Crippen molar-refractivity contribution in [3.8, 4) is 27.9 Å². The summed E-state index contributed by atoms with van der Waals surface area (Å²) >= 11 is 0. The molecule has 274 valence electrons. The van der Waals surface area contributed by atoms with E-state index >= 15 is 0 Å². The molecule has 5 heterocycles. The Morgan fingerprint density at radius 1 is 0.554 bits per heavy atom. The molecule has 6 nitrogen and oxygen atoms in total. The van der Waals surface area contributed by atoms with Gasteiger partial charge in [0.2, 0.25) is 0 Å². The maximum Gasteiger partial charge on any atom is 0.344 e. The summed E-state index contributed by atoms with van der Waals surface area (Å²) in [5, 5.41) is 6.04. The van der Waals surface area contributed by atoms with E-state index in [-0.39, 0.29) is 22.1 Å². The molecule has 3 aromatic heterocycles. The summed E-state index contributed by atoms with van der Waals surface area (Å²) < 4.78 is 14.5. The predicted molar refractivity (Wildman–Crippen MR) is 229 cm³/mol. The van der Waals surface area contributed by atoms with Crippen molar-refractivity contribution in [2.75, 3.05) is 18.0 Å². The second-order valence-electron chi connectivity index (χ2n) is 17.1. The van der Waals surface area contributed by atoms with E-state index in [0.29, 0.717) is 22.3 Å². The highest BCUT2D eigenvalue weighted by Crippen LogP contribution is 2.52. The molecule has 2 aliphatic heterocycles. The number of para-hydroxylation sites is 1. The SMILES string of the molecule is CC1(C)CCN2CCC(C)(C)c3c2c1cc1cc(-c2ccc4c5ccc(-c6cc7cc8ccccc8cc7oc6=O)cc5n(-c5ccccc5)c4c2)c(=O)oc31. The Labute approximate surface area is 323 Å². The molecule has 9 aromatic rings. The number of fused-ring (bicyclic) bond motifs is 7. The Hall–Kier alpha value is -6.40. The van der Waals surface area contributed by atoms with Crippen LogP contribution in [0.1, 0.15) is 51.7 Å². The maximum atomic E-state index is 14.1. The minimum absolute atomic E-state index is 0.00898. The van der Waals surface area contributed by atoms with Crippen molar-refractivity contribution >= 4 is 60.2 Å². The summed E-state index contributed by atoms with van der Waals surface area (Å²) in [5.74, 6) is 0. The molecule has 11 rings (SSSR count). The minimum Gasteiger partial charge on any atom is -0.422 e. The number of nitrogens with zero attached hydrogens (tertiary/aromatic N) is 2. The summed E-state index contributed by atoms with van der Waals surface area (Å²) in [5.41, 5.74) is 9.70. The van der Waals surface area contributed by atoms with Crippen LogP contribution >= 0.6 is 0 Å². The van der Waals surface area contributed by atoms with Gasteiger partial charge in [0, 0.05) is 51.6 Å². The van der Waals surface area contributed by atoms with Gasteiger partial charge in [-0.1, -0.05) is 94.4 Å². The first-order valence-corrected chi connectivity index (χ1v) is 19.6. The number of hydrogen-bond acceptors (Lipinski definition) is 5. The molecule has 6 heteroatoms. The molecular formula is C50H40N2O4. The third-order valence-corrected chi connectivity index (χ3v) is 12.7.